The second kappa shape index (κ2) is 6.22. The topological polar surface area (TPSA) is 75.8 Å². The molecule has 22 heavy (non-hydrogen) atoms. The predicted molar refractivity (Wildman–Crippen MR) is 81.9 cm³/mol. The highest BCUT2D eigenvalue weighted by molar-refractivity contribution is 5.45. The molecule has 1 N–H and O–H groups in total. The molecule has 1 saturated heterocycles. The maximum atomic E-state index is 10.9. The van der Waals surface area contributed by atoms with Crippen LogP contribution in [-0.4, -0.2) is 47.3 Å². The first-order valence-electron chi connectivity index (χ1n) is 7.85. The summed E-state index contributed by atoms with van der Waals surface area (Å²) in [5.74, 6) is 0.212. The summed E-state index contributed by atoms with van der Waals surface area (Å²) in [6.07, 6.45) is 4.55. The number of β-amino-alcohol motifs (C(OH)–C–C–N with tert-alkyl or cyclic N) is 1. The van der Waals surface area contributed by atoms with Crippen LogP contribution in [-0.2, 0) is 0 Å². The molecule has 1 heterocycles. The van der Waals surface area contributed by atoms with E-state index in [4.69, 9.17) is 4.74 Å². The Bertz CT molecular complexity index is 545. The molecule has 1 aromatic carbocycles. The summed E-state index contributed by atoms with van der Waals surface area (Å²) >= 11 is 0. The number of nitro groups is 1. The van der Waals surface area contributed by atoms with Gasteiger partial charge in [0.1, 0.15) is 12.7 Å². The minimum Gasteiger partial charge on any atom is -0.484 e. The molecule has 2 aliphatic rings. The lowest BCUT2D eigenvalue weighted by Crippen LogP contribution is -2.38. The van der Waals surface area contributed by atoms with Crippen LogP contribution in [0.5, 0.6) is 5.75 Å². The standard InChI is InChI=1S/C16H22N2O4/c19-13(10-17-9-8-16(12-17)6-3-7-16)11-22-15-5-2-1-4-14(15)18(20)21/h1-2,4-5,13,19H,3,6-12H2/t13-/m1/s1. The maximum absolute atomic E-state index is 10.9. The predicted octanol–water partition coefficient (Wildman–Crippen LogP) is 2.21. The van der Waals surface area contributed by atoms with Crippen molar-refractivity contribution in [2.75, 3.05) is 26.2 Å². The van der Waals surface area contributed by atoms with E-state index in [-0.39, 0.29) is 18.0 Å². The Morgan fingerprint density at radius 1 is 1.36 bits per heavy atom. The quantitative estimate of drug-likeness (QED) is 0.644. The molecular formula is C16H22N2O4. The third kappa shape index (κ3) is 3.23. The lowest BCUT2D eigenvalue weighted by Gasteiger charge is -2.38. The largest absolute Gasteiger partial charge is 0.484 e. The van der Waals surface area contributed by atoms with E-state index in [1.807, 2.05) is 0 Å². The number of nitrogens with zero attached hydrogens (tertiary/aromatic N) is 2. The third-order valence-corrected chi connectivity index (χ3v) is 4.89. The minimum atomic E-state index is -0.630. The van der Waals surface area contributed by atoms with E-state index >= 15 is 0 Å². The lowest BCUT2D eigenvalue weighted by molar-refractivity contribution is -0.385. The molecule has 1 aliphatic heterocycles. The molecule has 6 nitrogen and oxygen atoms in total. The maximum Gasteiger partial charge on any atom is 0.310 e. The van der Waals surface area contributed by atoms with Crippen LogP contribution in [0.4, 0.5) is 5.69 Å². The Labute approximate surface area is 129 Å². The molecule has 3 rings (SSSR count). The first-order valence-corrected chi connectivity index (χ1v) is 7.85. The van der Waals surface area contributed by atoms with E-state index in [2.05, 4.69) is 4.90 Å². The Kier molecular flexibility index (Phi) is 4.31. The van der Waals surface area contributed by atoms with Crippen LogP contribution in [0.1, 0.15) is 25.7 Å². The van der Waals surface area contributed by atoms with Crippen LogP contribution >= 0.6 is 0 Å². The summed E-state index contributed by atoms with van der Waals surface area (Å²) in [6.45, 7) is 2.74. The summed E-state index contributed by atoms with van der Waals surface area (Å²) in [4.78, 5) is 12.7. The number of aliphatic hydroxyl groups is 1. The smallest absolute Gasteiger partial charge is 0.310 e. The highest BCUT2D eigenvalue weighted by Gasteiger charge is 2.42. The first kappa shape index (κ1) is 15.2. The van der Waals surface area contributed by atoms with Gasteiger partial charge in [-0.15, -0.1) is 0 Å². The van der Waals surface area contributed by atoms with E-state index in [9.17, 15) is 15.2 Å². The van der Waals surface area contributed by atoms with Crippen molar-refractivity contribution >= 4 is 5.69 Å². The molecule has 0 bridgehead atoms. The van der Waals surface area contributed by atoms with Crippen molar-refractivity contribution in [1.82, 2.24) is 4.90 Å². The van der Waals surface area contributed by atoms with Gasteiger partial charge in [-0.2, -0.15) is 0 Å². The highest BCUT2D eigenvalue weighted by atomic mass is 16.6. The number of aliphatic hydroxyl groups excluding tert-OH is 1. The van der Waals surface area contributed by atoms with E-state index in [0.29, 0.717) is 12.0 Å². The lowest BCUT2D eigenvalue weighted by atomic mass is 9.68. The molecule has 0 unspecified atom stereocenters. The van der Waals surface area contributed by atoms with Crippen LogP contribution in [0.3, 0.4) is 0 Å². The van der Waals surface area contributed by atoms with E-state index in [1.165, 1.54) is 31.7 Å². The molecule has 1 saturated carbocycles. The molecule has 1 aliphatic carbocycles. The molecule has 1 aromatic rings. The molecule has 0 aromatic heterocycles. The zero-order valence-electron chi connectivity index (χ0n) is 12.6. The fourth-order valence-electron chi connectivity index (χ4n) is 3.54. The third-order valence-electron chi connectivity index (χ3n) is 4.89. The van der Waals surface area contributed by atoms with Gasteiger partial charge in [-0.25, -0.2) is 0 Å². The number of hydrogen-bond acceptors (Lipinski definition) is 5. The van der Waals surface area contributed by atoms with Crippen LogP contribution in [0.25, 0.3) is 0 Å². The average Bonchev–Trinajstić information content (AvgIpc) is 2.89. The van der Waals surface area contributed by atoms with Gasteiger partial charge in [0.25, 0.3) is 0 Å². The monoisotopic (exact) mass is 306 g/mol. The van der Waals surface area contributed by atoms with E-state index in [1.54, 1.807) is 18.2 Å². The fourth-order valence-corrected chi connectivity index (χ4v) is 3.54. The van der Waals surface area contributed by atoms with Crippen molar-refractivity contribution in [2.24, 2.45) is 5.41 Å². The van der Waals surface area contributed by atoms with Crippen molar-refractivity contribution in [3.63, 3.8) is 0 Å². The Hall–Kier alpha value is -1.66. The van der Waals surface area contributed by atoms with Crippen molar-refractivity contribution < 1.29 is 14.8 Å². The SMILES string of the molecule is O=[N+]([O-])c1ccccc1OC[C@H](O)CN1CCC2(CCC2)C1. The molecule has 120 valence electrons. The second-order valence-corrected chi connectivity index (χ2v) is 6.53. The normalized spacial score (nSPS) is 21.5. The number of ether oxygens (including phenoxy) is 1. The number of rotatable bonds is 6. The minimum absolute atomic E-state index is 0.0655. The van der Waals surface area contributed by atoms with Crippen molar-refractivity contribution in [3.8, 4) is 5.75 Å². The first-order chi connectivity index (χ1) is 10.6. The van der Waals surface area contributed by atoms with Crippen molar-refractivity contribution in [1.29, 1.82) is 0 Å². The Balaban J connectivity index is 1.48. The highest BCUT2D eigenvalue weighted by Crippen LogP contribution is 2.47. The molecule has 1 atom stereocenters. The molecule has 0 amide bonds. The van der Waals surface area contributed by atoms with Crippen LogP contribution in [0.15, 0.2) is 24.3 Å². The molecule has 1 spiro atoms. The van der Waals surface area contributed by atoms with Gasteiger partial charge in [0.15, 0.2) is 5.75 Å². The molecule has 2 fully saturated rings. The van der Waals surface area contributed by atoms with Gasteiger partial charge in [0.2, 0.25) is 0 Å². The van der Waals surface area contributed by atoms with Crippen LogP contribution in [0.2, 0.25) is 0 Å². The van der Waals surface area contributed by atoms with Crippen molar-refractivity contribution in [3.05, 3.63) is 34.4 Å². The molecular weight excluding hydrogens is 284 g/mol. The van der Waals surface area contributed by atoms with Gasteiger partial charge in [-0.1, -0.05) is 18.6 Å². The number of hydrogen-bond donors (Lipinski definition) is 1. The van der Waals surface area contributed by atoms with Gasteiger partial charge in [-0.05, 0) is 37.3 Å². The summed E-state index contributed by atoms with van der Waals surface area (Å²) in [5.41, 5.74) is 0.447. The van der Waals surface area contributed by atoms with E-state index < -0.39 is 11.0 Å². The number of nitro benzene ring substituents is 1. The summed E-state index contributed by atoms with van der Waals surface area (Å²) in [5, 5.41) is 21.0. The fraction of sp³-hybridized carbons (Fsp3) is 0.625. The molecule has 6 heteroatoms. The average molecular weight is 306 g/mol. The Morgan fingerprint density at radius 2 is 2.14 bits per heavy atom. The zero-order chi connectivity index (χ0) is 15.6. The summed E-state index contributed by atoms with van der Waals surface area (Å²) in [6, 6.07) is 6.26. The van der Waals surface area contributed by atoms with E-state index in [0.717, 1.165) is 13.1 Å². The number of para-hydroxylation sites is 2. The summed E-state index contributed by atoms with van der Waals surface area (Å²) in [7, 11) is 0. The van der Waals surface area contributed by atoms with Gasteiger partial charge >= 0.3 is 5.69 Å². The number of benzene rings is 1. The van der Waals surface area contributed by atoms with Gasteiger partial charge in [0.05, 0.1) is 4.92 Å². The van der Waals surface area contributed by atoms with Gasteiger partial charge in [0, 0.05) is 19.2 Å². The van der Waals surface area contributed by atoms with Crippen molar-refractivity contribution in [2.45, 2.75) is 31.8 Å². The zero-order valence-corrected chi connectivity index (χ0v) is 12.6. The van der Waals surface area contributed by atoms with Gasteiger partial charge in [-0.3, -0.25) is 10.1 Å². The number of likely N-dealkylation sites (tertiary alicyclic amines) is 1. The summed E-state index contributed by atoms with van der Waals surface area (Å²) < 4.78 is 5.44. The Morgan fingerprint density at radius 3 is 2.77 bits per heavy atom. The van der Waals surface area contributed by atoms with Gasteiger partial charge < -0.3 is 14.7 Å². The van der Waals surface area contributed by atoms with Crippen LogP contribution < -0.4 is 4.74 Å². The molecule has 0 radical (unpaired) electrons. The second-order valence-electron chi connectivity index (χ2n) is 6.53. The van der Waals surface area contributed by atoms with Crippen LogP contribution in [0, 0.1) is 15.5 Å².